The van der Waals surface area contributed by atoms with Crippen molar-refractivity contribution in [1.29, 1.82) is 0 Å². The van der Waals surface area contributed by atoms with Crippen molar-refractivity contribution in [2.75, 3.05) is 18.4 Å². The number of benzene rings is 1. The molecule has 1 N–H and O–H groups in total. The molecule has 0 aliphatic carbocycles. The summed E-state index contributed by atoms with van der Waals surface area (Å²) in [6.07, 6.45) is 5.29. The highest BCUT2D eigenvalue weighted by molar-refractivity contribution is 7.89. The normalized spacial score (nSPS) is 20.4. The monoisotopic (exact) mass is 310 g/mol. The summed E-state index contributed by atoms with van der Waals surface area (Å²) in [5, 5.41) is 3.30. The topological polar surface area (TPSA) is 49.4 Å². The Morgan fingerprint density at radius 1 is 1.24 bits per heavy atom. The molecule has 0 amide bonds. The smallest absolute Gasteiger partial charge is 0.243 e. The van der Waals surface area contributed by atoms with E-state index in [0.717, 1.165) is 44.3 Å². The molecule has 21 heavy (non-hydrogen) atoms. The molecular formula is C16H26N2O2S. The first kappa shape index (κ1) is 16.3. The maximum atomic E-state index is 12.7. The van der Waals surface area contributed by atoms with Crippen LogP contribution in [0.4, 0.5) is 5.69 Å². The van der Waals surface area contributed by atoms with E-state index in [1.165, 1.54) is 0 Å². The van der Waals surface area contributed by atoms with Crippen LogP contribution in [0, 0.1) is 0 Å². The van der Waals surface area contributed by atoms with E-state index >= 15 is 0 Å². The van der Waals surface area contributed by atoms with Crippen LogP contribution in [0.15, 0.2) is 29.2 Å². The molecule has 5 heteroatoms. The number of piperidine rings is 1. The summed E-state index contributed by atoms with van der Waals surface area (Å²) in [7, 11) is -3.35. The Balaban J connectivity index is 2.09. The maximum absolute atomic E-state index is 12.7. The van der Waals surface area contributed by atoms with Gasteiger partial charge in [0.05, 0.1) is 4.90 Å². The fraction of sp³-hybridized carbons (Fsp3) is 0.625. The summed E-state index contributed by atoms with van der Waals surface area (Å²) in [5.41, 5.74) is 0.981. The van der Waals surface area contributed by atoms with Crippen molar-refractivity contribution >= 4 is 15.7 Å². The molecular weight excluding hydrogens is 284 g/mol. The first-order chi connectivity index (χ1) is 10.1. The Morgan fingerprint density at radius 2 is 1.95 bits per heavy atom. The Bertz CT molecular complexity index is 540. The van der Waals surface area contributed by atoms with Gasteiger partial charge in [-0.1, -0.05) is 19.8 Å². The van der Waals surface area contributed by atoms with E-state index in [2.05, 4.69) is 12.2 Å². The van der Waals surface area contributed by atoms with Crippen molar-refractivity contribution in [3.8, 4) is 0 Å². The summed E-state index contributed by atoms with van der Waals surface area (Å²) in [6, 6.07) is 7.25. The lowest BCUT2D eigenvalue weighted by Gasteiger charge is -2.32. The molecule has 2 rings (SSSR count). The molecule has 118 valence electrons. The van der Waals surface area contributed by atoms with Crippen molar-refractivity contribution in [3.05, 3.63) is 24.3 Å². The zero-order valence-electron chi connectivity index (χ0n) is 13.0. The highest BCUT2D eigenvalue weighted by Gasteiger charge is 2.30. The van der Waals surface area contributed by atoms with Gasteiger partial charge in [0.25, 0.3) is 0 Å². The molecule has 0 bridgehead atoms. The van der Waals surface area contributed by atoms with E-state index in [-0.39, 0.29) is 6.04 Å². The van der Waals surface area contributed by atoms with E-state index in [4.69, 9.17) is 0 Å². The molecule has 1 atom stereocenters. The lowest BCUT2D eigenvalue weighted by molar-refractivity contribution is 0.268. The average Bonchev–Trinajstić information content (AvgIpc) is 2.48. The zero-order chi connectivity index (χ0) is 15.3. The second-order valence-corrected chi connectivity index (χ2v) is 7.66. The Kier molecular flexibility index (Phi) is 5.65. The van der Waals surface area contributed by atoms with Crippen LogP contribution in [0.5, 0.6) is 0 Å². The minimum absolute atomic E-state index is 0.103. The van der Waals surface area contributed by atoms with Crippen molar-refractivity contribution in [2.24, 2.45) is 0 Å². The first-order valence-corrected chi connectivity index (χ1v) is 9.35. The Hall–Kier alpha value is -1.07. The second kappa shape index (κ2) is 7.27. The van der Waals surface area contributed by atoms with Crippen LogP contribution in [-0.4, -0.2) is 31.9 Å². The quantitative estimate of drug-likeness (QED) is 0.819. The fourth-order valence-electron chi connectivity index (χ4n) is 2.72. The SMILES string of the molecule is CCCCNc1ccc(S(=O)(=O)N2CCCCC2C)cc1. The number of unbranched alkanes of at least 4 members (excludes halogenated alkanes) is 1. The molecule has 0 radical (unpaired) electrons. The number of hydrogen-bond donors (Lipinski definition) is 1. The number of hydrogen-bond acceptors (Lipinski definition) is 3. The van der Waals surface area contributed by atoms with Gasteiger partial charge < -0.3 is 5.32 Å². The van der Waals surface area contributed by atoms with Crippen molar-refractivity contribution < 1.29 is 8.42 Å². The lowest BCUT2D eigenvalue weighted by Crippen LogP contribution is -2.41. The predicted molar refractivity (Wildman–Crippen MR) is 87.0 cm³/mol. The number of nitrogens with one attached hydrogen (secondary N) is 1. The second-order valence-electron chi connectivity index (χ2n) is 5.77. The van der Waals surface area contributed by atoms with Crippen molar-refractivity contribution in [1.82, 2.24) is 4.31 Å². The molecule has 1 unspecified atom stereocenters. The lowest BCUT2D eigenvalue weighted by atomic mass is 10.1. The van der Waals surface area contributed by atoms with Gasteiger partial charge in [0, 0.05) is 24.8 Å². The summed E-state index contributed by atoms with van der Waals surface area (Å²) in [6.45, 7) is 5.71. The number of nitrogens with zero attached hydrogens (tertiary/aromatic N) is 1. The van der Waals surface area contributed by atoms with Gasteiger partial charge in [-0.15, -0.1) is 0 Å². The summed E-state index contributed by atoms with van der Waals surface area (Å²) in [5.74, 6) is 0. The van der Waals surface area contributed by atoms with E-state index in [9.17, 15) is 8.42 Å². The van der Waals surface area contributed by atoms with Gasteiger partial charge in [-0.3, -0.25) is 0 Å². The van der Waals surface area contributed by atoms with E-state index in [1.54, 1.807) is 16.4 Å². The van der Waals surface area contributed by atoms with Crippen LogP contribution in [0.2, 0.25) is 0 Å². The molecule has 0 saturated carbocycles. The van der Waals surface area contributed by atoms with Gasteiger partial charge >= 0.3 is 0 Å². The third-order valence-corrected chi connectivity index (χ3v) is 6.09. The minimum Gasteiger partial charge on any atom is -0.385 e. The van der Waals surface area contributed by atoms with Crippen LogP contribution in [0.25, 0.3) is 0 Å². The largest absolute Gasteiger partial charge is 0.385 e. The molecule has 0 aromatic heterocycles. The van der Waals surface area contributed by atoms with Crippen molar-refractivity contribution in [2.45, 2.75) is 56.9 Å². The van der Waals surface area contributed by atoms with Crippen molar-refractivity contribution in [3.63, 3.8) is 0 Å². The first-order valence-electron chi connectivity index (χ1n) is 7.91. The summed E-state index contributed by atoms with van der Waals surface area (Å²) >= 11 is 0. The Labute approximate surface area is 128 Å². The van der Waals surface area contributed by atoms with Crippen LogP contribution in [0.1, 0.15) is 46.0 Å². The van der Waals surface area contributed by atoms with Crippen LogP contribution >= 0.6 is 0 Å². The molecule has 1 saturated heterocycles. The van der Waals surface area contributed by atoms with E-state index in [0.29, 0.717) is 11.4 Å². The molecule has 1 aromatic rings. The highest BCUT2D eigenvalue weighted by Crippen LogP contribution is 2.25. The summed E-state index contributed by atoms with van der Waals surface area (Å²) in [4.78, 5) is 0.400. The van der Waals surface area contributed by atoms with Gasteiger partial charge in [0.1, 0.15) is 0 Å². The summed E-state index contributed by atoms with van der Waals surface area (Å²) < 4.78 is 27.0. The molecule has 1 aromatic carbocycles. The standard InChI is InChI=1S/C16H26N2O2S/c1-3-4-12-17-15-8-10-16(11-9-15)21(19,20)18-13-6-5-7-14(18)2/h8-11,14,17H,3-7,12-13H2,1-2H3. The molecule has 1 heterocycles. The predicted octanol–water partition coefficient (Wildman–Crippen LogP) is 3.46. The van der Waals surface area contributed by atoms with E-state index in [1.807, 2.05) is 19.1 Å². The van der Waals surface area contributed by atoms with E-state index < -0.39 is 10.0 Å². The Morgan fingerprint density at radius 3 is 2.57 bits per heavy atom. The zero-order valence-corrected chi connectivity index (χ0v) is 13.8. The third-order valence-electron chi connectivity index (χ3n) is 4.06. The van der Waals surface area contributed by atoms with Gasteiger partial charge in [-0.2, -0.15) is 4.31 Å². The van der Waals surface area contributed by atoms with Crippen LogP contribution in [0.3, 0.4) is 0 Å². The molecule has 1 aliphatic rings. The maximum Gasteiger partial charge on any atom is 0.243 e. The van der Waals surface area contributed by atoms with Gasteiger partial charge in [-0.05, 0) is 50.5 Å². The van der Waals surface area contributed by atoms with Crippen LogP contribution in [-0.2, 0) is 10.0 Å². The minimum atomic E-state index is -3.35. The van der Waals surface area contributed by atoms with Gasteiger partial charge in [0.2, 0.25) is 10.0 Å². The number of sulfonamides is 1. The van der Waals surface area contributed by atoms with Gasteiger partial charge in [-0.25, -0.2) is 8.42 Å². The fourth-order valence-corrected chi connectivity index (χ4v) is 4.42. The third kappa shape index (κ3) is 3.98. The number of rotatable bonds is 6. The molecule has 1 fully saturated rings. The molecule has 1 aliphatic heterocycles. The van der Waals surface area contributed by atoms with Gasteiger partial charge in [0.15, 0.2) is 0 Å². The molecule has 4 nitrogen and oxygen atoms in total. The average molecular weight is 310 g/mol. The van der Waals surface area contributed by atoms with Crippen LogP contribution < -0.4 is 5.32 Å². The molecule has 0 spiro atoms. The number of anilines is 1. The highest BCUT2D eigenvalue weighted by atomic mass is 32.2.